The molecule has 1 aliphatic heterocycles. The lowest BCUT2D eigenvalue weighted by atomic mass is 10.1. The second kappa shape index (κ2) is 8.30. The molecule has 2 heterocycles. The maximum atomic E-state index is 13.1. The van der Waals surface area contributed by atoms with Crippen LogP contribution in [0.2, 0.25) is 0 Å². The van der Waals surface area contributed by atoms with E-state index < -0.39 is 29.7 Å². The van der Waals surface area contributed by atoms with Gasteiger partial charge in [-0.1, -0.05) is 6.92 Å². The second-order valence-electron chi connectivity index (χ2n) is 6.82. The number of hydrogen-bond donors (Lipinski definition) is 0. The molecule has 0 saturated carbocycles. The van der Waals surface area contributed by atoms with E-state index in [4.69, 9.17) is 9.15 Å². The average molecular weight is 398 g/mol. The number of furan rings is 1. The minimum absolute atomic E-state index is 0.110. The minimum Gasteiger partial charge on any atom is -0.459 e. The fourth-order valence-corrected chi connectivity index (χ4v) is 3.31. The summed E-state index contributed by atoms with van der Waals surface area (Å²) in [5, 5.41) is 0. The molecule has 0 aliphatic carbocycles. The number of benzene rings is 1. The predicted octanol–water partition coefficient (Wildman–Crippen LogP) is 2.78. The van der Waals surface area contributed by atoms with E-state index in [2.05, 4.69) is 0 Å². The maximum Gasteiger partial charge on any atom is 0.308 e. The largest absolute Gasteiger partial charge is 0.459 e. The first kappa shape index (κ1) is 20.3. The number of carbonyl (C=O) groups excluding carboxylic acids is 4. The fraction of sp³-hybridized carbons (Fsp3) is 0.333. The quantitative estimate of drug-likeness (QED) is 0.422. The number of nitrogens with zero attached hydrogens (tertiary/aromatic N) is 2. The van der Waals surface area contributed by atoms with Crippen LogP contribution in [0.1, 0.15) is 44.2 Å². The lowest BCUT2D eigenvalue weighted by Gasteiger charge is -2.32. The third-order valence-electron chi connectivity index (χ3n) is 4.85. The second-order valence-corrected chi connectivity index (χ2v) is 6.82. The number of rotatable bonds is 6. The molecule has 2 unspecified atom stereocenters. The Kier molecular flexibility index (Phi) is 5.81. The van der Waals surface area contributed by atoms with E-state index in [0.717, 1.165) is 4.90 Å². The van der Waals surface area contributed by atoms with Gasteiger partial charge in [-0.05, 0) is 49.7 Å². The summed E-state index contributed by atoms with van der Waals surface area (Å²) in [7, 11) is 0. The van der Waals surface area contributed by atoms with Gasteiger partial charge in [0.2, 0.25) is 5.91 Å². The number of esters is 1. The first-order valence-electron chi connectivity index (χ1n) is 9.35. The van der Waals surface area contributed by atoms with E-state index in [1.165, 1.54) is 48.4 Å². The molecule has 29 heavy (non-hydrogen) atoms. The van der Waals surface area contributed by atoms with Gasteiger partial charge in [-0.25, -0.2) is 4.90 Å². The highest BCUT2D eigenvalue weighted by molar-refractivity contribution is 6.23. The Morgan fingerprint density at radius 3 is 2.48 bits per heavy atom. The minimum atomic E-state index is -0.914. The van der Waals surface area contributed by atoms with E-state index in [1.807, 2.05) is 13.8 Å². The predicted molar refractivity (Wildman–Crippen MR) is 103 cm³/mol. The molecule has 1 saturated heterocycles. The van der Waals surface area contributed by atoms with Gasteiger partial charge in [0.25, 0.3) is 11.8 Å². The molecule has 3 amide bonds. The number of hydrogen-bond acceptors (Lipinski definition) is 6. The molecule has 3 rings (SSSR count). The van der Waals surface area contributed by atoms with Crippen LogP contribution in [0.4, 0.5) is 5.69 Å². The molecule has 1 aromatic carbocycles. The van der Waals surface area contributed by atoms with Gasteiger partial charge in [0.15, 0.2) is 5.76 Å². The topological polar surface area (TPSA) is 97.1 Å². The van der Waals surface area contributed by atoms with Gasteiger partial charge in [0, 0.05) is 13.0 Å². The van der Waals surface area contributed by atoms with Gasteiger partial charge in [-0.2, -0.15) is 0 Å². The van der Waals surface area contributed by atoms with Crippen LogP contribution in [0, 0.1) is 0 Å². The van der Waals surface area contributed by atoms with Gasteiger partial charge in [-0.3, -0.25) is 19.2 Å². The summed E-state index contributed by atoms with van der Waals surface area (Å²) in [5.41, 5.74) is 0.355. The maximum absolute atomic E-state index is 13.1. The zero-order valence-electron chi connectivity index (χ0n) is 16.5. The molecule has 152 valence electrons. The lowest BCUT2D eigenvalue weighted by molar-refractivity contribution is -0.132. The van der Waals surface area contributed by atoms with Crippen molar-refractivity contribution >= 4 is 29.4 Å². The van der Waals surface area contributed by atoms with Crippen LogP contribution in [-0.2, 0) is 14.4 Å². The Balaban J connectivity index is 1.87. The summed E-state index contributed by atoms with van der Waals surface area (Å²) in [6, 6.07) is 8.02. The van der Waals surface area contributed by atoms with E-state index in [1.54, 1.807) is 6.07 Å². The molecule has 2 atom stereocenters. The molecular formula is C21H22N2O6. The fourth-order valence-electron chi connectivity index (χ4n) is 3.31. The number of anilines is 1. The van der Waals surface area contributed by atoms with E-state index in [9.17, 15) is 19.2 Å². The van der Waals surface area contributed by atoms with Crippen molar-refractivity contribution in [1.82, 2.24) is 4.90 Å². The van der Waals surface area contributed by atoms with Crippen LogP contribution >= 0.6 is 0 Å². The number of carbonyl (C=O) groups is 4. The van der Waals surface area contributed by atoms with Crippen molar-refractivity contribution in [3.05, 3.63) is 48.4 Å². The van der Waals surface area contributed by atoms with Crippen molar-refractivity contribution in [1.29, 1.82) is 0 Å². The van der Waals surface area contributed by atoms with Crippen LogP contribution in [-0.4, -0.2) is 40.7 Å². The van der Waals surface area contributed by atoms with Crippen molar-refractivity contribution in [2.75, 3.05) is 4.90 Å². The SMILES string of the molecule is CCC(C)N(C(=O)c1ccco1)C1CC(=O)N(c2ccc(OC(C)=O)cc2)C1=O. The molecule has 0 radical (unpaired) electrons. The molecule has 1 fully saturated rings. The van der Waals surface area contributed by atoms with Crippen molar-refractivity contribution in [2.45, 2.75) is 45.7 Å². The number of ether oxygens (including phenoxy) is 1. The highest BCUT2D eigenvalue weighted by Crippen LogP contribution is 2.29. The average Bonchev–Trinajstić information content (AvgIpc) is 3.31. The zero-order valence-corrected chi connectivity index (χ0v) is 16.5. The van der Waals surface area contributed by atoms with Gasteiger partial charge < -0.3 is 14.1 Å². The summed E-state index contributed by atoms with van der Waals surface area (Å²) in [4.78, 5) is 52.2. The molecule has 0 N–H and O–H groups in total. The molecule has 1 aromatic heterocycles. The molecule has 2 aromatic rings. The number of imide groups is 1. The summed E-state index contributed by atoms with van der Waals surface area (Å²) in [6.07, 6.45) is 1.89. The summed E-state index contributed by atoms with van der Waals surface area (Å²) in [5.74, 6) is -1.34. The normalized spacial score (nSPS) is 17.3. The van der Waals surface area contributed by atoms with Crippen LogP contribution in [0.15, 0.2) is 47.1 Å². The highest BCUT2D eigenvalue weighted by atomic mass is 16.5. The molecular weight excluding hydrogens is 376 g/mol. The van der Waals surface area contributed by atoms with E-state index in [0.29, 0.717) is 17.9 Å². The van der Waals surface area contributed by atoms with Gasteiger partial charge in [0.1, 0.15) is 11.8 Å². The van der Waals surface area contributed by atoms with E-state index >= 15 is 0 Å². The van der Waals surface area contributed by atoms with E-state index in [-0.39, 0.29) is 18.2 Å². The van der Waals surface area contributed by atoms with Crippen molar-refractivity contribution in [3.8, 4) is 5.75 Å². The Morgan fingerprint density at radius 2 is 1.93 bits per heavy atom. The van der Waals surface area contributed by atoms with Crippen LogP contribution in [0.3, 0.4) is 0 Å². The monoisotopic (exact) mass is 398 g/mol. The Bertz CT molecular complexity index is 919. The first-order valence-corrected chi connectivity index (χ1v) is 9.35. The van der Waals surface area contributed by atoms with Gasteiger partial charge in [0.05, 0.1) is 18.4 Å². The Hall–Kier alpha value is -3.42. The smallest absolute Gasteiger partial charge is 0.308 e. The molecule has 8 nitrogen and oxygen atoms in total. The van der Waals surface area contributed by atoms with Crippen molar-refractivity contribution < 1.29 is 28.3 Å². The number of amides is 3. The van der Waals surface area contributed by atoms with Crippen LogP contribution < -0.4 is 9.64 Å². The first-order chi connectivity index (χ1) is 13.8. The zero-order chi connectivity index (χ0) is 21.1. The summed E-state index contributed by atoms with van der Waals surface area (Å²) in [6.45, 7) is 5.01. The van der Waals surface area contributed by atoms with Crippen LogP contribution in [0.25, 0.3) is 0 Å². The van der Waals surface area contributed by atoms with Crippen molar-refractivity contribution in [3.63, 3.8) is 0 Å². The standard InChI is InChI=1S/C21H22N2O6/c1-4-13(2)22(21(27)18-6-5-11-28-18)17-12-19(25)23(20(17)26)15-7-9-16(10-8-15)29-14(3)24/h5-11,13,17H,4,12H2,1-3H3. The van der Waals surface area contributed by atoms with Crippen LogP contribution in [0.5, 0.6) is 5.75 Å². The lowest BCUT2D eigenvalue weighted by Crippen LogP contribution is -2.49. The molecule has 0 bridgehead atoms. The summed E-state index contributed by atoms with van der Waals surface area (Å²) >= 11 is 0. The molecule has 8 heteroatoms. The third kappa shape index (κ3) is 4.06. The van der Waals surface area contributed by atoms with Gasteiger partial charge >= 0.3 is 5.97 Å². The van der Waals surface area contributed by atoms with Gasteiger partial charge in [-0.15, -0.1) is 0 Å². The molecule has 0 spiro atoms. The molecule has 1 aliphatic rings. The van der Waals surface area contributed by atoms with Crippen molar-refractivity contribution in [2.24, 2.45) is 0 Å². The Morgan fingerprint density at radius 1 is 1.24 bits per heavy atom. The highest BCUT2D eigenvalue weighted by Gasteiger charge is 2.46. The Labute approximate surface area is 168 Å². The summed E-state index contributed by atoms with van der Waals surface area (Å²) < 4.78 is 10.2. The third-order valence-corrected chi connectivity index (χ3v) is 4.85.